The van der Waals surface area contributed by atoms with E-state index in [1.165, 1.54) is 11.3 Å². The predicted octanol–water partition coefficient (Wildman–Crippen LogP) is 2.85. The maximum absolute atomic E-state index is 13.7. The fourth-order valence-corrected chi connectivity index (χ4v) is 3.08. The van der Waals surface area contributed by atoms with Gasteiger partial charge in [0, 0.05) is 6.26 Å². The Hall–Kier alpha value is -1.73. The summed E-state index contributed by atoms with van der Waals surface area (Å²) < 4.78 is 36.5. The van der Waals surface area contributed by atoms with Gasteiger partial charge in [-0.3, -0.25) is 4.79 Å². The molecule has 0 saturated carbocycles. The maximum Gasteiger partial charge on any atom is 0.266 e. The molecule has 0 aliphatic heterocycles. The molecule has 2 rings (SSSR count). The summed E-state index contributed by atoms with van der Waals surface area (Å²) in [6, 6.07) is 5.08. The van der Waals surface area contributed by atoms with Crippen molar-refractivity contribution < 1.29 is 17.6 Å². The van der Waals surface area contributed by atoms with Gasteiger partial charge in [0.15, 0.2) is 9.84 Å². The van der Waals surface area contributed by atoms with Crippen LogP contribution in [0.5, 0.6) is 0 Å². The first kappa shape index (κ1) is 14.7. The first-order valence-corrected chi connectivity index (χ1v) is 8.41. The van der Waals surface area contributed by atoms with Crippen molar-refractivity contribution in [1.29, 1.82) is 0 Å². The molecule has 0 aliphatic carbocycles. The fraction of sp³-hybridized carbons (Fsp3) is 0.154. The van der Waals surface area contributed by atoms with Crippen molar-refractivity contribution in [2.75, 3.05) is 11.6 Å². The molecule has 2 aromatic rings. The van der Waals surface area contributed by atoms with Gasteiger partial charge in [0.25, 0.3) is 5.91 Å². The van der Waals surface area contributed by atoms with Crippen LogP contribution >= 0.6 is 11.3 Å². The Morgan fingerprint density at radius 2 is 2.00 bits per heavy atom. The first-order chi connectivity index (χ1) is 9.29. The second-order valence-electron chi connectivity index (χ2n) is 4.30. The van der Waals surface area contributed by atoms with Gasteiger partial charge in [0.1, 0.15) is 5.82 Å². The lowest BCUT2D eigenvalue weighted by atomic mass is 10.2. The van der Waals surface area contributed by atoms with E-state index in [1.54, 1.807) is 18.4 Å². The number of rotatable bonds is 3. The normalized spacial score (nSPS) is 11.3. The SMILES string of the molecule is Cc1ccsc1C(=O)Nc1cc(S(C)(=O)=O)ccc1F. The second-order valence-corrected chi connectivity index (χ2v) is 7.23. The minimum absolute atomic E-state index is 0.0444. The molecular formula is C13H12FNO3S2. The summed E-state index contributed by atoms with van der Waals surface area (Å²) >= 11 is 1.24. The molecule has 1 N–H and O–H groups in total. The van der Waals surface area contributed by atoms with Crippen LogP contribution in [0.3, 0.4) is 0 Å². The van der Waals surface area contributed by atoms with Crippen LogP contribution in [-0.4, -0.2) is 20.6 Å². The molecule has 0 unspecified atom stereocenters. The molecule has 106 valence electrons. The van der Waals surface area contributed by atoms with Crippen LogP contribution in [0.4, 0.5) is 10.1 Å². The molecule has 20 heavy (non-hydrogen) atoms. The monoisotopic (exact) mass is 313 g/mol. The van der Waals surface area contributed by atoms with Gasteiger partial charge in [-0.1, -0.05) is 0 Å². The van der Waals surface area contributed by atoms with E-state index < -0.39 is 21.6 Å². The van der Waals surface area contributed by atoms with Gasteiger partial charge in [-0.15, -0.1) is 11.3 Å². The molecule has 0 radical (unpaired) electrons. The Kier molecular flexibility index (Phi) is 3.92. The van der Waals surface area contributed by atoms with Crippen LogP contribution in [0.2, 0.25) is 0 Å². The fourth-order valence-electron chi connectivity index (χ4n) is 1.62. The van der Waals surface area contributed by atoms with Gasteiger partial charge in [0.2, 0.25) is 0 Å². The third-order valence-corrected chi connectivity index (χ3v) is 4.81. The molecule has 4 nitrogen and oxygen atoms in total. The minimum Gasteiger partial charge on any atom is -0.319 e. The Balaban J connectivity index is 2.34. The Morgan fingerprint density at radius 3 is 2.55 bits per heavy atom. The van der Waals surface area contributed by atoms with Gasteiger partial charge in [-0.2, -0.15) is 0 Å². The molecule has 1 aromatic carbocycles. The van der Waals surface area contributed by atoms with E-state index in [2.05, 4.69) is 5.32 Å². The number of hydrogen-bond donors (Lipinski definition) is 1. The standard InChI is InChI=1S/C13H12FNO3S2/c1-8-5-6-19-12(8)13(16)15-11-7-9(20(2,17)18)3-4-10(11)14/h3-7H,1-2H3,(H,15,16). The van der Waals surface area contributed by atoms with Crippen LogP contribution in [0.15, 0.2) is 34.5 Å². The van der Waals surface area contributed by atoms with E-state index in [0.29, 0.717) is 4.88 Å². The molecule has 0 bridgehead atoms. The first-order valence-electron chi connectivity index (χ1n) is 5.64. The smallest absolute Gasteiger partial charge is 0.266 e. The van der Waals surface area contributed by atoms with Crippen molar-refractivity contribution in [3.05, 3.63) is 45.9 Å². The largest absolute Gasteiger partial charge is 0.319 e. The average Bonchev–Trinajstić information content (AvgIpc) is 2.77. The number of anilines is 1. The molecule has 0 saturated heterocycles. The van der Waals surface area contributed by atoms with Crippen LogP contribution in [-0.2, 0) is 9.84 Å². The van der Waals surface area contributed by atoms with E-state index in [0.717, 1.165) is 30.0 Å². The van der Waals surface area contributed by atoms with Gasteiger partial charge in [-0.25, -0.2) is 12.8 Å². The highest BCUT2D eigenvalue weighted by atomic mass is 32.2. The average molecular weight is 313 g/mol. The summed E-state index contributed by atoms with van der Waals surface area (Å²) in [6.45, 7) is 1.77. The number of carbonyl (C=O) groups excluding carboxylic acids is 1. The summed E-state index contributed by atoms with van der Waals surface area (Å²) in [5.41, 5.74) is 0.637. The van der Waals surface area contributed by atoms with Gasteiger partial charge >= 0.3 is 0 Å². The topological polar surface area (TPSA) is 63.2 Å². The van der Waals surface area contributed by atoms with Gasteiger partial charge < -0.3 is 5.32 Å². The Bertz CT molecular complexity index is 766. The van der Waals surface area contributed by atoms with Crippen LogP contribution in [0.25, 0.3) is 0 Å². The molecule has 0 aliphatic rings. The highest BCUT2D eigenvalue weighted by molar-refractivity contribution is 7.90. The lowest BCUT2D eigenvalue weighted by Crippen LogP contribution is -2.13. The van der Waals surface area contributed by atoms with E-state index in [1.807, 2.05) is 0 Å². The molecule has 0 spiro atoms. The van der Waals surface area contributed by atoms with Crippen LogP contribution in [0, 0.1) is 12.7 Å². The number of benzene rings is 1. The zero-order valence-corrected chi connectivity index (χ0v) is 12.4. The third kappa shape index (κ3) is 3.05. The third-order valence-electron chi connectivity index (χ3n) is 2.68. The van der Waals surface area contributed by atoms with Crippen molar-refractivity contribution in [3.63, 3.8) is 0 Å². The van der Waals surface area contributed by atoms with E-state index in [9.17, 15) is 17.6 Å². The summed E-state index contributed by atoms with van der Waals surface area (Å²) in [5, 5.41) is 4.16. The maximum atomic E-state index is 13.7. The number of nitrogens with one attached hydrogen (secondary N) is 1. The van der Waals surface area contributed by atoms with Crippen molar-refractivity contribution >= 4 is 32.8 Å². The van der Waals surface area contributed by atoms with Crippen molar-refractivity contribution in [2.45, 2.75) is 11.8 Å². The summed E-state index contributed by atoms with van der Waals surface area (Å²) in [4.78, 5) is 12.4. The number of aryl methyl sites for hydroxylation is 1. The quantitative estimate of drug-likeness (QED) is 0.886. The molecule has 0 fully saturated rings. The number of sulfone groups is 1. The molecular weight excluding hydrogens is 301 g/mol. The Labute approximate surface area is 120 Å². The number of halogens is 1. The van der Waals surface area contributed by atoms with Gasteiger partial charge in [0.05, 0.1) is 15.5 Å². The highest BCUT2D eigenvalue weighted by Gasteiger charge is 2.15. The van der Waals surface area contributed by atoms with E-state index in [-0.39, 0.29) is 10.6 Å². The summed E-state index contributed by atoms with van der Waals surface area (Å²) in [5.74, 6) is -1.14. The van der Waals surface area contributed by atoms with Crippen molar-refractivity contribution in [2.24, 2.45) is 0 Å². The highest BCUT2D eigenvalue weighted by Crippen LogP contribution is 2.22. The molecule has 7 heteroatoms. The molecule has 1 heterocycles. The van der Waals surface area contributed by atoms with Crippen LogP contribution < -0.4 is 5.32 Å². The minimum atomic E-state index is -3.46. The van der Waals surface area contributed by atoms with E-state index in [4.69, 9.17) is 0 Å². The van der Waals surface area contributed by atoms with Crippen molar-refractivity contribution in [1.82, 2.24) is 0 Å². The summed E-state index contributed by atoms with van der Waals surface area (Å²) in [6.07, 6.45) is 1.02. The van der Waals surface area contributed by atoms with Gasteiger partial charge in [-0.05, 0) is 42.1 Å². The number of hydrogen-bond acceptors (Lipinski definition) is 4. The lowest BCUT2D eigenvalue weighted by molar-refractivity contribution is 0.102. The van der Waals surface area contributed by atoms with E-state index >= 15 is 0 Å². The zero-order chi connectivity index (χ0) is 14.9. The zero-order valence-electron chi connectivity index (χ0n) is 10.8. The van der Waals surface area contributed by atoms with Crippen molar-refractivity contribution in [3.8, 4) is 0 Å². The number of amides is 1. The number of carbonyl (C=O) groups is 1. The lowest BCUT2D eigenvalue weighted by Gasteiger charge is -2.07. The Morgan fingerprint density at radius 1 is 1.30 bits per heavy atom. The number of thiophene rings is 1. The second kappa shape index (κ2) is 5.34. The molecule has 1 amide bonds. The summed E-state index contributed by atoms with van der Waals surface area (Å²) in [7, 11) is -3.46. The predicted molar refractivity (Wildman–Crippen MR) is 76.5 cm³/mol. The molecule has 0 atom stereocenters. The van der Waals surface area contributed by atoms with Crippen LogP contribution in [0.1, 0.15) is 15.2 Å². The molecule has 1 aromatic heterocycles.